The lowest BCUT2D eigenvalue weighted by molar-refractivity contribution is 0.197. The predicted octanol–water partition coefficient (Wildman–Crippen LogP) is 3.93. The van der Waals surface area contributed by atoms with Gasteiger partial charge >= 0.3 is 0 Å². The van der Waals surface area contributed by atoms with Gasteiger partial charge in [0.15, 0.2) is 0 Å². The fourth-order valence-corrected chi connectivity index (χ4v) is 3.09. The van der Waals surface area contributed by atoms with Crippen LogP contribution in [0.3, 0.4) is 0 Å². The molecule has 1 N–H and O–H groups in total. The van der Waals surface area contributed by atoms with Gasteiger partial charge in [0, 0.05) is 12.6 Å². The van der Waals surface area contributed by atoms with Crippen molar-refractivity contribution in [1.82, 2.24) is 5.32 Å². The van der Waals surface area contributed by atoms with Crippen LogP contribution in [0.2, 0.25) is 0 Å². The molecule has 0 saturated heterocycles. The van der Waals surface area contributed by atoms with E-state index in [1.807, 2.05) is 12.1 Å². The lowest BCUT2D eigenvalue weighted by Gasteiger charge is -2.35. The highest BCUT2D eigenvalue weighted by molar-refractivity contribution is 5.37. The van der Waals surface area contributed by atoms with Gasteiger partial charge in [-0.05, 0) is 54.9 Å². The number of nitrogens with one attached hydrogen (secondary N) is 1. The van der Waals surface area contributed by atoms with Crippen molar-refractivity contribution in [3.63, 3.8) is 0 Å². The SMILES string of the molecule is Cc1cc(C#N)ccc1CNC1CCCC(C)(C)C1. The Hall–Kier alpha value is -1.33. The van der Waals surface area contributed by atoms with Crippen LogP contribution in [0.15, 0.2) is 18.2 Å². The summed E-state index contributed by atoms with van der Waals surface area (Å²) in [5.41, 5.74) is 3.75. The number of hydrogen-bond donors (Lipinski definition) is 1. The average molecular weight is 256 g/mol. The zero-order chi connectivity index (χ0) is 13.9. The van der Waals surface area contributed by atoms with Gasteiger partial charge in [-0.1, -0.05) is 26.3 Å². The molecule has 0 radical (unpaired) electrons. The molecule has 1 aromatic rings. The van der Waals surface area contributed by atoms with Crippen LogP contribution in [0.4, 0.5) is 0 Å². The molecule has 1 atom stereocenters. The molecule has 2 nitrogen and oxygen atoms in total. The van der Waals surface area contributed by atoms with Crippen LogP contribution in [0.5, 0.6) is 0 Å². The largest absolute Gasteiger partial charge is 0.310 e. The Morgan fingerprint density at radius 1 is 1.42 bits per heavy atom. The summed E-state index contributed by atoms with van der Waals surface area (Å²) in [7, 11) is 0. The van der Waals surface area contributed by atoms with Crippen LogP contribution >= 0.6 is 0 Å². The summed E-state index contributed by atoms with van der Waals surface area (Å²) in [6, 6.07) is 8.79. The summed E-state index contributed by atoms with van der Waals surface area (Å²) in [5, 5.41) is 12.6. The minimum atomic E-state index is 0.482. The maximum atomic E-state index is 8.88. The summed E-state index contributed by atoms with van der Waals surface area (Å²) in [6.45, 7) is 7.74. The van der Waals surface area contributed by atoms with Crippen molar-refractivity contribution in [3.8, 4) is 6.07 Å². The molecule has 0 spiro atoms. The van der Waals surface area contributed by atoms with E-state index in [2.05, 4.69) is 38.2 Å². The van der Waals surface area contributed by atoms with Crippen molar-refractivity contribution in [2.75, 3.05) is 0 Å². The molecule has 2 heteroatoms. The molecular formula is C17H24N2. The molecule has 1 saturated carbocycles. The smallest absolute Gasteiger partial charge is 0.0991 e. The molecule has 0 heterocycles. The van der Waals surface area contributed by atoms with E-state index in [0.29, 0.717) is 11.5 Å². The van der Waals surface area contributed by atoms with E-state index >= 15 is 0 Å². The minimum Gasteiger partial charge on any atom is -0.310 e. The maximum absolute atomic E-state index is 8.88. The molecule has 1 aliphatic carbocycles. The maximum Gasteiger partial charge on any atom is 0.0991 e. The van der Waals surface area contributed by atoms with E-state index < -0.39 is 0 Å². The second-order valence-electron chi connectivity index (χ2n) is 6.59. The van der Waals surface area contributed by atoms with Crippen molar-refractivity contribution in [1.29, 1.82) is 5.26 Å². The zero-order valence-corrected chi connectivity index (χ0v) is 12.3. The molecule has 1 aliphatic rings. The van der Waals surface area contributed by atoms with Crippen molar-refractivity contribution >= 4 is 0 Å². The van der Waals surface area contributed by atoms with Crippen molar-refractivity contribution in [2.24, 2.45) is 5.41 Å². The molecule has 0 aliphatic heterocycles. The zero-order valence-electron chi connectivity index (χ0n) is 12.3. The van der Waals surface area contributed by atoms with Gasteiger partial charge in [-0.15, -0.1) is 0 Å². The van der Waals surface area contributed by atoms with Crippen LogP contribution in [0.25, 0.3) is 0 Å². The lowest BCUT2D eigenvalue weighted by Crippen LogP contribution is -2.37. The molecule has 1 fully saturated rings. The van der Waals surface area contributed by atoms with E-state index in [0.717, 1.165) is 12.1 Å². The Balaban J connectivity index is 1.94. The first-order valence-corrected chi connectivity index (χ1v) is 7.23. The monoisotopic (exact) mass is 256 g/mol. The Kier molecular flexibility index (Phi) is 4.27. The Morgan fingerprint density at radius 2 is 2.21 bits per heavy atom. The standard InChI is InChI=1S/C17H24N2/c1-13-9-14(11-18)6-7-15(13)12-19-16-5-4-8-17(2,3)10-16/h6-7,9,16,19H,4-5,8,10,12H2,1-3H3. The van der Waals surface area contributed by atoms with Gasteiger partial charge < -0.3 is 5.32 Å². The van der Waals surface area contributed by atoms with Crippen LogP contribution in [-0.2, 0) is 6.54 Å². The van der Waals surface area contributed by atoms with Crippen molar-refractivity contribution < 1.29 is 0 Å². The third-order valence-corrected chi connectivity index (χ3v) is 4.26. The Morgan fingerprint density at radius 3 is 2.84 bits per heavy atom. The topological polar surface area (TPSA) is 35.8 Å². The first-order valence-electron chi connectivity index (χ1n) is 7.23. The van der Waals surface area contributed by atoms with Crippen LogP contribution in [-0.4, -0.2) is 6.04 Å². The summed E-state index contributed by atoms with van der Waals surface area (Å²) >= 11 is 0. The average Bonchev–Trinajstić information content (AvgIpc) is 2.36. The van der Waals surface area contributed by atoms with E-state index in [1.165, 1.54) is 36.8 Å². The van der Waals surface area contributed by atoms with Gasteiger partial charge in [0.2, 0.25) is 0 Å². The van der Waals surface area contributed by atoms with E-state index in [1.54, 1.807) is 0 Å². The number of nitriles is 1. The highest BCUT2D eigenvalue weighted by Gasteiger charge is 2.27. The molecule has 1 unspecified atom stereocenters. The minimum absolute atomic E-state index is 0.482. The molecule has 19 heavy (non-hydrogen) atoms. The summed E-state index contributed by atoms with van der Waals surface area (Å²) in [6.07, 6.45) is 5.24. The fourth-order valence-electron chi connectivity index (χ4n) is 3.09. The summed E-state index contributed by atoms with van der Waals surface area (Å²) < 4.78 is 0. The molecule has 0 bridgehead atoms. The molecule has 0 amide bonds. The van der Waals surface area contributed by atoms with Gasteiger partial charge in [0.1, 0.15) is 0 Å². The van der Waals surface area contributed by atoms with Crippen LogP contribution < -0.4 is 5.32 Å². The first-order chi connectivity index (χ1) is 9.00. The first kappa shape index (κ1) is 14.1. The lowest BCUT2D eigenvalue weighted by atomic mass is 9.75. The summed E-state index contributed by atoms with van der Waals surface area (Å²) in [5.74, 6) is 0. The number of nitrogens with zero attached hydrogens (tertiary/aromatic N) is 1. The molecule has 102 valence electrons. The van der Waals surface area contributed by atoms with E-state index in [4.69, 9.17) is 5.26 Å². The molecule has 2 rings (SSSR count). The van der Waals surface area contributed by atoms with Gasteiger partial charge in [-0.3, -0.25) is 0 Å². The summed E-state index contributed by atoms with van der Waals surface area (Å²) in [4.78, 5) is 0. The van der Waals surface area contributed by atoms with E-state index in [-0.39, 0.29) is 0 Å². The Labute approximate surface area is 116 Å². The Bertz CT molecular complexity index is 483. The predicted molar refractivity (Wildman–Crippen MR) is 78.8 cm³/mol. The van der Waals surface area contributed by atoms with Crippen molar-refractivity contribution in [3.05, 3.63) is 34.9 Å². The molecule has 0 aromatic heterocycles. The van der Waals surface area contributed by atoms with Crippen molar-refractivity contribution in [2.45, 2.75) is 59.0 Å². The van der Waals surface area contributed by atoms with Gasteiger partial charge in [0.25, 0.3) is 0 Å². The van der Waals surface area contributed by atoms with Gasteiger partial charge in [0.05, 0.1) is 11.6 Å². The second-order valence-corrected chi connectivity index (χ2v) is 6.59. The van der Waals surface area contributed by atoms with E-state index in [9.17, 15) is 0 Å². The van der Waals surface area contributed by atoms with Crippen LogP contribution in [0.1, 0.15) is 56.2 Å². The highest BCUT2D eigenvalue weighted by Crippen LogP contribution is 2.35. The number of rotatable bonds is 3. The normalized spacial score (nSPS) is 21.9. The molecule has 1 aromatic carbocycles. The van der Waals surface area contributed by atoms with Gasteiger partial charge in [-0.2, -0.15) is 5.26 Å². The third kappa shape index (κ3) is 3.81. The second kappa shape index (κ2) is 5.75. The highest BCUT2D eigenvalue weighted by atomic mass is 14.9. The quantitative estimate of drug-likeness (QED) is 0.889. The third-order valence-electron chi connectivity index (χ3n) is 4.26. The number of hydrogen-bond acceptors (Lipinski definition) is 2. The molecular weight excluding hydrogens is 232 g/mol. The number of aryl methyl sites for hydroxylation is 1. The fraction of sp³-hybridized carbons (Fsp3) is 0.588. The number of benzene rings is 1. The van der Waals surface area contributed by atoms with Gasteiger partial charge in [-0.25, -0.2) is 0 Å². The van der Waals surface area contributed by atoms with Crippen LogP contribution in [0, 0.1) is 23.7 Å².